The van der Waals surface area contributed by atoms with E-state index < -0.39 is 0 Å². The Balaban J connectivity index is 1.84. The zero-order chi connectivity index (χ0) is 14.9. The second-order valence-electron chi connectivity index (χ2n) is 5.48. The predicted molar refractivity (Wildman–Crippen MR) is 84.9 cm³/mol. The standard InChI is InChI=1S/C19H14N2O/c20-12-13-5-8-19-16(11-13)15(9-10-22-19)18-7-6-14-3-1-2-4-17(14)21-18/h1-8,11,15H,9-10H2. The molecule has 0 aliphatic carbocycles. The third-order valence-corrected chi connectivity index (χ3v) is 4.16. The van der Waals surface area contributed by atoms with Crippen LogP contribution >= 0.6 is 0 Å². The number of nitriles is 1. The molecule has 1 atom stereocenters. The topological polar surface area (TPSA) is 45.9 Å². The number of nitrogens with zero attached hydrogens (tertiary/aromatic N) is 2. The van der Waals surface area contributed by atoms with Crippen molar-refractivity contribution in [3.63, 3.8) is 0 Å². The minimum absolute atomic E-state index is 0.182. The molecule has 2 aromatic carbocycles. The summed E-state index contributed by atoms with van der Waals surface area (Å²) < 4.78 is 5.72. The minimum atomic E-state index is 0.182. The number of para-hydroxylation sites is 1. The Morgan fingerprint density at radius 1 is 1.09 bits per heavy atom. The van der Waals surface area contributed by atoms with Gasteiger partial charge in [-0.1, -0.05) is 24.3 Å². The molecule has 22 heavy (non-hydrogen) atoms. The van der Waals surface area contributed by atoms with Crippen LogP contribution in [0.5, 0.6) is 5.75 Å². The fraction of sp³-hybridized carbons (Fsp3) is 0.158. The molecule has 0 saturated heterocycles. The van der Waals surface area contributed by atoms with E-state index in [9.17, 15) is 0 Å². The molecule has 0 fully saturated rings. The van der Waals surface area contributed by atoms with Crippen molar-refractivity contribution in [2.75, 3.05) is 6.61 Å². The van der Waals surface area contributed by atoms with Gasteiger partial charge in [0.05, 0.1) is 23.8 Å². The van der Waals surface area contributed by atoms with Gasteiger partial charge in [0.25, 0.3) is 0 Å². The van der Waals surface area contributed by atoms with Gasteiger partial charge in [0.15, 0.2) is 0 Å². The molecule has 106 valence electrons. The average Bonchev–Trinajstić information content (AvgIpc) is 2.60. The van der Waals surface area contributed by atoms with E-state index in [0.717, 1.165) is 34.3 Å². The molecular formula is C19H14N2O. The summed E-state index contributed by atoms with van der Waals surface area (Å²) in [4.78, 5) is 4.81. The summed E-state index contributed by atoms with van der Waals surface area (Å²) >= 11 is 0. The number of rotatable bonds is 1. The van der Waals surface area contributed by atoms with Gasteiger partial charge in [-0.3, -0.25) is 4.98 Å². The van der Waals surface area contributed by atoms with E-state index >= 15 is 0 Å². The van der Waals surface area contributed by atoms with Crippen molar-refractivity contribution in [2.24, 2.45) is 0 Å². The molecule has 1 aromatic heterocycles. The van der Waals surface area contributed by atoms with Gasteiger partial charge in [0, 0.05) is 22.6 Å². The highest BCUT2D eigenvalue weighted by atomic mass is 16.5. The van der Waals surface area contributed by atoms with Crippen molar-refractivity contribution >= 4 is 10.9 Å². The van der Waals surface area contributed by atoms with Gasteiger partial charge >= 0.3 is 0 Å². The van der Waals surface area contributed by atoms with E-state index in [1.54, 1.807) is 6.07 Å². The van der Waals surface area contributed by atoms with Crippen LogP contribution in [-0.2, 0) is 0 Å². The number of aromatic nitrogens is 1. The van der Waals surface area contributed by atoms with Crippen LogP contribution in [-0.4, -0.2) is 11.6 Å². The van der Waals surface area contributed by atoms with Gasteiger partial charge in [0.1, 0.15) is 5.75 Å². The second-order valence-corrected chi connectivity index (χ2v) is 5.48. The van der Waals surface area contributed by atoms with Crippen LogP contribution in [0.4, 0.5) is 0 Å². The van der Waals surface area contributed by atoms with Crippen LogP contribution in [0.2, 0.25) is 0 Å². The molecule has 0 N–H and O–H groups in total. The lowest BCUT2D eigenvalue weighted by molar-refractivity contribution is 0.276. The van der Waals surface area contributed by atoms with Gasteiger partial charge in [-0.2, -0.15) is 5.26 Å². The Morgan fingerprint density at radius 2 is 2.00 bits per heavy atom. The summed E-state index contributed by atoms with van der Waals surface area (Å²) in [6.45, 7) is 0.679. The Hall–Kier alpha value is -2.86. The van der Waals surface area contributed by atoms with Crippen LogP contribution in [0, 0.1) is 11.3 Å². The third kappa shape index (κ3) is 2.10. The minimum Gasteiger partial charge on any atom is -0.493 e. The third-order valence-electron chi connectivity index (χ3n) is 4.16. The maximum Gasteiger partial charge on any atom is 0.123 e. The Labute approximate surface area is 128 Å². The molecule has 1 unspecified atom stereocenters. The molecule has 3 heteroatoms. The summed E-state index contributed by atoms with van der Waals surface area (Å²) in [5, 5.41) is 10.3. The van der Waals surface area contributed by atoms with Crippen molar-refractivity contribution < 1.29 is 4.74 Å². The van der Waals surface area contributed by atoms with Crippen LogP contribution in [0.15, 0.2) is 54.6 Å². The van der Waals surface area contributed by atoms with Crippen molar-refractivity contribution in [3.05, 3.63) is 71.4 Å². The van der Waals surface area contributed by atoms with E-state index in [4.69, 9.17) is 15.0 Å². The average molecular weight is 286 g/mol. The largest absolute Gasteiger partial charge is 0.493 e. The van der Waals surface area contributed by atoms with E-state index in [2.05, 4.69) is 24.3 Å². The molecule has 0 spiro atoms. The number of fused-ring (bicyclic) bond motifs is 2. The zero-order valence-corrected chi connectivity index (χ0v) is 12.0. The molecule has 0 amide bonds. The molecule has 4 rings (SSSR count). The van der Waals surface area contributed by atoms with Gasteiger partial charge in [-0.25, -0.2) is 0 Å². The van der Waals surface area contributed by atoms with Crippen molar-refractivity contribution in [2.45, 2.75) is 12.3 Å². The van der Waals surface area contributed by atoms with Crippen LogP contribution < -0.4 is 4.74 Å². The predicted octanol–water partition coefficient (Wildman–Crippen LogP) is 4.02. The number of hydrogen-bond acceptors (Lipinski definition) is 3. The molecule has 0 bridgehead atoms. The molecule has 1 aliphatic rings. The van der Waals surface area contributed by atoms with E-state index in [-0.39, 0.29) is 5.92 Å². The highest BCUT2D eigenvalue weighted by molar-refractivity contribution is 5.78. The smallest absolute Gasteiger partial charge is 0.123 e. The first-order valence-electron chi connectivity index (χ1n) is 7.38. The van der Waals surface area contributed by atoms with Gasteiger partial charge in [-0.05, 0) is 36.8 Å². The van der Waals surface area contributed by atoms with Crippen molar-refractivity contribution in [3.8, 4) is 11.8 Å². The summed E-state index contributed by atoms with van der Waals surface area (Å²) in [6, 6.07) is 20.1. The quantitative estimate of drug-likeness (QED) is 0.678. The molecule has 0 radical (unpaired) electrons. The monoisotopic (exact) mass is 286 g/mol. The van der Waals surface area contributed by atoms with E-state index in [0.29, 0.717) is 12.2 Å². The molecule has 3 aromatic rings. The van der Waals surface area contributed by atoms with Crippen molar-refractivity contribution in [1.29, 1.82) is 5.26 Å². The van der Waals surface area contributed by atoms with Gasteiger partial charge in [-0.15, -0.1) is 0 Å². The van der Waals surface area contributed by atoms with E-state index in [1.165, 1.54) is 0 Å². The normalized spacial score (nSPS) is 16.6. The number of benzene rings is 2. The summed E-state index contributed by atoms with van der Waals surface area (Å²) in [7, 11) is 0. The molecule has 2 heterocycles. The summed E-state index contributed by atoms with van der Waals surface area (Å²) in [5.74, 6) is 1.05. The fourth-order valence-corrected chi connectivity index (χ4v) is 3.05. The fourth-order valence-electron chi connectivity index (χ4n) is 3.05. The van der Waals surface area contributed by atoms with Crippen LogP contribution in [0.3, 0.4) is 0 Å². The van der Waals surface area contributed by atoms with Gasteiger partial charge < -0.3 is 4.74 Å². The number of ether oxygens (including phenoxy) is 1. The lowest BCUT2D eigenvalue weighted by Gasteiger charge is -2.26. The molecular weight excluding hydrogens is 272 g/mol. The zero-order valence-electron chi connectivity index (χ0n) is 12.0. The number of hydrogen-bond donors (Lipinski definition) is 0. The summed E-state index contributed by atoms with van der Waals surface area (Å²) in [6.07, 6.45) is 0.882. The highest BCUT2D eigenvalue weighted by Gasteiger charge is 2.24. The molecule has 0 saturated carbocycles. The van der Waals surface area contributed by atoms with Crippen LogP contribution in [0.25, 0.3) is 10.9 Å². The first-order valence-corrected chi connectivity index (χ1v) is 7.38. The van der Waals surface area contributed by atoms with E-state index in [1.807, 2.05) is 30.3 Å². The Bertz CT molecular complexity index is 895. The van der Waals surface area contributed by atoms with Gasteiger partial charge in [0.2, 0.25) is 0 Å². The second kappa shape index (κ2) is 5.16. The Morgan fingerprint density at radius 3 is 2.91 bits per heavy atom. The SMILES string of the molecule is N#Cc1ccc2c(c1)C(c1ccc3ccccc3n1)CCO2. The Kier molecular flexibility index (Phi) is 3.01. The lowest BCUT2D eigenvalue weighted by Crippen LogP contribution is -2.16. The maximum atomic E-state index is 9.13. The molecule has 1 aliphatic heterocycles. The highest BCUT2D eigenvalue weighted by Crippen LogP contribution is 2.38. The van der Waals surface area contributed by atoms with Crippen molar-refractivity contribution in [1.82, 2.24) is 4.98 Å². The first-order chi connectivity index (χ1) is 10.8. The summed E-state index contributed by atoms with van der Waals surface area (Å²) in [5.41, 5.74) is 3.77. The first kappa shape index (κ1) is 12.8. The molecule has 3 nitrogen and oxygen atoms in total. The lowest BCUT2D eigenvalue weighted by atomic mass is 9.88. The van der Waals surface area contributed by atoms with Crippen LogP contribution in [0.1, 0.15) is 29.2 Å². The maximum absolute atomic E-state index is 9.13. The number of pyridine rings is 1.